The Bertz CT molecular complexity index is 1140. The lowest BCUT2D eigenvalue weighted by Crippen LogP contribution is -2.28. The van der Waals surface area contributed by atoms with E-state index >= 15 is 0 Å². The van der Waals surface area contributed by atoms with Gasteiger partial charge in [0.15, 0.2) is 11.2 Å². The molecule has 2 aromatic rings. The van der Waals surface area contributed by atoms with E-state index in [9.17, 15) is 4.79 Å². The van der Waals surface area contributed by atoms with Gasteiger partial charge in [-0.3, -0.25) is 4.99 Å². The average Bonchev–Trinajstić information content (AvgIpc) is 2.98. The van der Waals surface area contributed by atoms with Gasteiger partial charge in [-0.25, -0.2) is 9.37 Å². The predicted molar refractivity (Wildman–Crippen MR) is 111 cm³/mol. The Balaban J connectivity index is 3.44. The van der Waals surface area contributed by atoms with Crippen molar-refractivity contribution in [3.63, 3.8) is 0 Å². The third-order valence-corrected chi connectivity index (χ3v) is 4.48. The first-order valence-corrected chi connectivity index (χ1v) is 8.34. The van der Waals surface area contributed by atoms with Crippen LogP contribution in [0.4, 0.5) is 17.2 Å². The smallest absolute Gasteiger partial charge is 0.255 e. The van der Waals surface area contributed by atoms with Gasteiger partial charge < -0.3 is 0 Å². The summed E-state index contributed by atoms with van der Waals surface area (Å²) in [7, 11) is 0. The Hall–Kier alpha value is -3.26. The summed E-state index contributed by atoms with van der Waals surface area (Å²) >= 11 is 0. The van der Waals surface area contributed by atoms with Crippen molar-refractivity contribution in [1.82, 2.24) is 4.40 Å². The maximum Gasteiger partial charge on any atom is 0.411 e. The van der Waals surface area contributed by atoms with E-state index in [1.165, 1.54) is 0 Å². The van der Waals surface area contributed by atoms with Gasteiger partial charge in [-0.05, 0) is 34.1 Å². The number of fused-ring (bicyclic) bond motifs is 1. The third kappa shape index (κ3) is 2.60. The van der Waals surface area contributed by atoms with E-state index in [4.69, 9.17) is 0 Å². The Kier molecular flexibility index (Phi) is 5.37. The van der Waals surface area contributed by atoms with Crippen molar-refractivity contribution in [2.45, 2.75) is 20.8 Å². The molecule has 0 aliphatic rings. The molecule has 2 rings (SSSR count). The van der Waals surface area contributed by atoms with Crippen molar-refractivity contribution < 1.29 is 9.15 Å². The van der Waals surface area contributed by atoms with Gasteiger partial charge in [-0.2, -0.15) is 4.58 Å². The molecule has 0 saturated carbocycles. The fraction of sp³-hybridized carbons (Fsp3) is 0.238. The van der Waals surface area contributed by atoms with E-state index in [0.29, 0.717) is 46.6 Å². The van der Waals surface area contributed by atoms with Crippen molar-refractivity contribution in [2.24, 2.45) is 4.99 Å². The maximum atomic E-state index is 13.4. The zero-order valence-electron chi connectivity index (χ0n) is 15.7. The monoisotopic (exact) mass is 348 g/mol. The van der Waals surface area contributed by atoms with Gasteiger partial charge in [0.1, 0.15) is 13.3 Å². The topological polar surface area (TPSA) is 39.9 Å². The van der Waals surface area contributed by atoms with Crippen LogP contribution in [0.3, 0.4) is 0 Å². The number of aliphatic imine (C=N–C) groups is 1. The molecule has 132 valence electrons. The second kappa shape index (κ2) is 7.32. The molecule has 0 spiro atoms. The molecule has 2 heterocycles. The van der Waals surface area contributed by atoms with Crippen LogP contribution in [-0.2, 0) is 0 Å². The fourth-order valence-electron chi connectivity index (χ4n) is 3.13. The van der Waals surface area contributed by atoms with Crippen LogP contribution >= 0.6 is 0 Å². The first kappa shape index (κ1) is 19.1. The van der Waals surface area contributed by atoms with E-state index in [1.54, 1.807) is 19.6 Å². The maximum absolute atomic E-state index is 13.4. The standard InChI is InChI=1S/C21H24N4O/c1-9-13-16-14(5)18(23(7)11-3)21(26)25-19(16)15(10-2)17(22-6)20(25)24(8)12-4/h10H,1-2,6-8,11-12H2,3-5H3/q+2. The zero-order valence-corrected chi connectivity index (χ0v) is 15.7. The number of hydrogen-bond acceptors (Lipinski definition) is 2. The molecule has 0 aliphatic carbocycles. The van der Waals surface area contributed by atoms with Crippen LogP contribution < -0.4 is 10.8 Å². The number of rotatable bonds is 6. The summed E-state index contributed by atoms with van der Waals surface area (Å²) in [5, 5.41) is 0.701. The van der Waals surface area contributed by atoms with Crippen molar-refractivity contribution in [1.29, 1.82) is 0 Å². The highest BCUT2D eigenvalue weighted by Crippen LogP contribution is 2.36. The molecule has 0 saturated heterocycles. The van der Waals surface area contributed by atoms with E-state index in [1.807, 2.05) is 20.8 Å². The minimum Gasteiger partial charge on any atom is -0.255 e. The average molecular weight is 348 g/mol. The summed E-state index contributed by atoms with van der Waals surface area (Å²) in [6.07, 6.45) is 1.67. The quantitative estimate of drug-likeness (QED) is 0.449. The van der Waals surface area contributed by atoms with Crippen LogP contribution in [0.15, 0.2) is 28.7 Å². The van der Waals surface area contributed by atoms with Gasteiger partial charge in [0.25, 0.3) is 5.69 Å². The highest BCUT2D eigenvalue weighted by Gasteiger charge is 2.33. The Labute approximate surface area is 153 Å². The van der Waals surface area contributed by atoms with Crippen LogP contribution in [0.5, 0.6) is 0 Å². The number of aromatic nitrogens is 1. The molecule has 5 nitrogen and oxygen atoms in total. The highest BCUT2D eigenvalue weighted by atomic mass is 16.1. The van der Waals surface area contributed by atoms with E-state index in [0.717, 1.165) is 5.56 Å². The molecule has 0 amide bonds. The Morgan fingerprint density at radius 3 is 2.31 bits per heavy atom. The zero-order chi connectivity index (χ0) is 19.6. The van der Waals surface area contributed by atoms with Crippen LogP contribution in [0.1, 0.15) is 25.0 Å². The summed E-state index contributed by atoms with van der Waals surface area (Å²) < 4.78 is 4.97. The Morgan fingerprint density at radius 1 is 1.23 bits per heavy atom. The van der Waals surface area contributed by atoms with Gasteiger partial charge in [0, 0.05) is 5.56 Å². The summed E-state index contributed by atoms with van der Waals surface area (Å²) in [4.78, 5) is 17.6. The molecule has 0 aromatic carbocycles. The summed E-state index contributed by atoms with van der Waals surface area (Å²) in [5.74, 6) is 0.565. The SMILES string of the molecule is C=C=C=c1c(C)c([N+](=C)CC)c(=O)n2c([N+](=C)CC)c(N=C)c(C=C)c12. The summed E-state index contributed by atoms with van der Waals surface area (Å²) in [6.45, 7) is 26.2. The molecular formula is C21H24N4O+2. The molecule has 2 aromatic heterocycles. The predicted octanol–water partition coefficient (Wildman–Crippen LogP) is 2.75. The molecular weight excluding hydrogens is 324 g/mol. The van der Waals surface area contributed by atoms with Gasteiger partial charge >= 0.3 is 11.4 Å². The largest absolute Gasteiger partial charge is 0.411 e. The molecule has 0 aliphatic heterocycles. The molecule has 5 heteroatoms. The number of hydrogen-bond donors (Lipinski definition) is 0. The normalized spacial score (nSPS) is 10.3. The second-order valence-corrected chi connectivity index (χ2v) is 5.80. The molecule has 0 radical (unpaired) electrons. The highest BCUT2D eigenvalue weighted by molar-refractivity contribution is 5.88. The number of nitrogens with zero attached hydrogens (tertiary/aromatic N) is 4. The fourth-order valence-corrected chi connectivity index (χ4v) is 3.13. The van der Waals surface area contributed by atoms with Gasteiger partial charge in [0.2, 0.25) is 0 Å². The molecule has 0 unspecified atom stereocenters. The summed E-state index contributed by atoms with van der Waals surface area (Å²) in [5.41, 5.74) is 8.69. The first-order chi connectivity index (χ1) is 12.4. The molecule has 0 bridgehead atoms. The molecule has 0 fully saturated rings. The minimum absolute atomic E-state index is 0.195. The summed E-state index contributed by atoms with van der Waals surface area (Å²) in [6, 6.07) is 0. The van der Waals surface area contributed by atoms with Crippen molar-refractivity contribution in [2.75, 3.05) is 13.1 Å². The van der Waals surface area contributed by atoms with Crippen LogP contribution in [0.2, 0.25) is 0 Å². The lowest BCUT2D eigenvalue weighted by Gasteiger charge is -2.03. The second-order valence-electron chi connectivity index (χ2n) is 5.80. The van der Waals surface area contributed by atoms with E-state index in [2.05, 4.69) is 49.8 Å². The third-order valence-electron chi connectivity index (χ3n) is 4.48. The lowest BCUT2D eigenvalue weighted by atomic mass is 10.1. The van der Waals surface area contributed by atoms with Gasteiger partial charge in [-0.1, -0.05) is 24.1 Å². The van der Waals surface area contributed by atoms with E-state index < -0.39 is 0 Å². The van der Waals surface area contributed by atoms with Crippen molar-refractivity contribution in [3.8, 4) is 0 Å². The van der Waals surface area contributed by atoms with Crippen LogP contribution in [0.25, 0.3) is 17.3 Å². The van der Waals surface area contributed by atoms with Crippen LogP contribution in [-0.4, -0.2) is 46.8 Å². The molecule has 0 atom stereocenters. The van der Waals surface area contributed by atoms with Gasteiger partial charge in [-0.15, -0.1) is 4.40 Å². The Morgan fingerprint density at radius 2 is 1.85 bits per heavy atom. The number of pyridine rings is 1. The van der Waals surface area contributed by atoms with Crippen molar-refractivity contribution in [3.05, 3.63) is 45.6 Å². The van der Waals surface area contributed by atoms with Crippen molar-refractivity contribution >= 4 is 54.7 Å². The molecule has 0 N–H and O–H groups in total. The lowest BCUT2D eigenvalue weighted by molar-refractivity contribution is -0.433. The van der Waals surface area contributed by atoms with Crippen LogP contribution in [0, 0.1) is 6.92 Å². The minimum atomic E-state index is -0.195. The first-order valence-electron chi connectivity index (χ1n) is 8.34. The molecule has 26 heavy (non-hydrogen) atoms. The van der Waals surface area contributed by atoms with E-state index in [-0.39, 0.29) is 5.56 Å². The van der Waals surface area contributed by atoms with Gasteiger partial charge in [0.05, 0.1) is 24.0 Å².